The molecule has 0 spiro atoms. The molecule has 1 fully saturated rings. The largest absolute Gasteiger partial charge is 0.497 e. The highest BCUT2D eigenvalue weighted by molar-refractivity contribution is 8.18. The number of rotatable bonds is 7. The highest BCUT2D eigenvalue weighted by Gasteiger charge is 2.23. The summed E-state index contributed by atoms with van der Waals surface area (Å²) in [5.74, 6) is 1.44. The van der Waals surface area contributed by atoms with E-state index in [2.05, 4.69) is 10.3 Å². The molecule has 2 aromatic rings. The van der Waals surface area contributed by atoms with E-state index in [-0.39, 0.29) is 11.8 Å². The molecule has 3 rings (SSSR count). The van der Waals surface area contributed by atoms with Gasteiger partial charge in [0.1, 0.15) is 11.6 Å². The van der Waals surface area contributed by atoms with Gasteiger partial charge in [0.15, 0.2) is 18.1 Å². The van der Waals surface area contributed by atoms with Crippen LogP contribution in [0.4, 0.5) is 10.5 Å². The normalized spacial score (nSPS) is 16.0. The number of amidine groups is 1. The first-order valence-corrected chi connectivity index (χ1v) is 9.33. The van der Waals surface area contributed by atoms with Gasteiger partial charge < -0.3 is 25.3 Å². The van der Waals surface area contributed by atoms with Crippen LogP contribution >= 0.6 is 11.8 Å². The van der Waals surface area contributed by atoms with Gasteiger partial charge in [-0.25, -0.2) is 4.99 Å². The van der Waals surface area contributed by atoms with Crippen LogP contribution < -0.4 is 25.3 Å². The van der Waals surface area contributed by atoms with Gasteiger partial charge in [-0.1, -0.05) is 6.07 Å². The molecule has 150 valence electrons. The van der Waals surface area contributed by atoms with Crippen LogP contribution in [0.15, 0.2) is 52.4 Å². The Morgan fingerprint density at radius 1 is 1.14 bits per heavy atom. The van der Waals surface area contributed by atoms with E-state index in [1.165, 1.54) is 7.11 Å². The fourth-order valence-corrected chi connectivity index (χ4v) is 3.23. The highest BCUT2D eigenvalue weighted by atomic mass is 32.2. The average Bonchev–Trinajstić information content (AvgIpc) is 3.05. The van der Waals surface area contributed by atoms with Crippen molar-refractivity contribution in [3.8, 4) is 17.2 Å². The van der Waals surface area contributed by atoms with Crippen LogP contribution in [0.25, 0.3) is 6.08 Å². The van der Waals surface area contributed by atoms with Crippen LogP contribution in [0, 0.1) is 0 Å². The van der Waals surface area contributed by atoms with Crippen molar-refractivity contribution in [3.63, 3.8) is 0 Å². The van der Waals surface area contributed by atoms with Crippen molar-refractivity contribution in [1.29, 1.82) is 0 Å². The number of carbonyl (C=O) groups is 2. The number of carbonyl (C=O) groups excluding carboxylic acids is 2. The Labute approximate surface area is 171 Å². The number of primary amides is 1. The van der Waals surface area contributed by atoms with Gasteiger partial charge in [-0.15, -0.1) is 0 Å². The fraction of sp³-hybridized carbons (Fsp3) is 0.150. The van der Waals surface area contributed by atoms with Crippen molar-refractivity contribution in [1.82, 2.24) is 5.32 Å². The summed E-state index contributed by atoms with van der Waals surface area (Å²) in [6.07, 6.45) is 1.81. The van der Waals surface area contributed by atoms with Crippen LogP contribution in [0.3, 0.4) is 0 Å². The summed E-state index contributed by atoms with van der Waals surface area (Å²) >= 11 is 1.05. The Balaban J connectivity index is 1.87. The maximum absolute atomic E-state index is 11.9. The van der Waals surface area contributed by atoms with Crippen molar-refractivity contribution in [2.75, 3.05) is 20.8 Å². The molecule has 2 amide bonds. The Kier molecular flexibility index (Phi) is 6.40. The number of hydrogen-bond acceptors (Lipinski definition) is 7. The van der Waals surface area contributed by atoms with Gasteiger partial charge in [-0.2, -0.15) is 0 Å². The Morgan fingerprint density at radius 3 is 2.55 bits per heavy atom. The van der Waals surface area contributed by atoms with Crippen LogP contribution in [-0.4, -0.2) is 37.8 Å². The molecule has 0 bridgehead atoms. The minimum absolute atomic E-state index is 0.211. The molecule has 1 saturated heterocycles. The van der Waals surface area contributed by atoms with Crippen LogP contribution in [0.5, 0.6) is 17.2 Å². The predicted molar refractivity (Wildman–Crippen MR) is 112 cm³/mol. The van der Waals surface area contributed by atoms with Crippen molar-refractivity contribution in [3.05, 3.63) is 52.9 Å². The molecule has 2 aromatic carbocycles. The molecule has 1 aliphatic rings. The predicted octanol–water partition coefficient (Wildman–Crippen LogP) is 3.10. The van der Waals surface area contributed by atoms with Gasteiger partial charge in [-0.3, -0.25) is 9.59 Å². The number of hydrogen-bond donors (Lipinski definition) is 2. The fourth-order valence-electron chi connectivity index (χ4n) is 2.49. The molecule has 1 heterocycles. The van der Waals surface area contributed by atoms with Gasteiger partial charge in [-0.05, 0) is 59.8 Å². The third kappa shape index (κ3) is 5.29. The van der Waals surface area contributed by atoms with E-state index >= 15 is 0 Å². The lowest BCUT2D eigenvalue weighted by molar-refractivity contribution is -0.119. The SMILES string of the molecule is COc1ccc(N=C2NC(=O)S/C2=C\c2ccc(OCC(N)=O)c(OC)c2)cc1. The van der Waals surface area contributed by atoms with Crippen molar-refractivity contribution in [2.24, 2.45) is 10.7 Å². The van der Waals surface area contributed by atoms with E-state index < -0.39 is 5.91 Å². The van der Waals surface area contributed by atoms with E-state index in [1.54, 1.807) is 49.6 Å². The number of ether oxygens (including phenoxy) is 3. The minimum atomic E-state index is -0.579. The Bertz CT molecular complexity index is 986. The van der Waals surface area contributed by atoms with E-state index in [0.29, 0.717) is 27.9 Å². The third-order valence-electron chi connectivity index (χ3n) is 3.83. The van der Waals surface area contributed by atoms with Crippen molar-refractivity contribution in [2.45, 2.75) is 0 Å². The topological polar surface area (TPSA) is 112 Å². The number of methoxy groups -OCH3 is 2. The summed E-state index contributed by atoms with van der Waals surface area (Å²) < 4.78 is 15.8. The van der Waals surface area contributed by atoms with E-state index in [9.17, 15) is 9.59 Å². The average molecular weight is 413 g/mol. The summed E-state index contributed by atoms with van der Waals surface area (Å²) in [7, 11) is 3.09. The van der Waals surface area contributed by atoms with Gasteiger partial charge >= 0.3 is 0 Å². The van der Waals surface area contributed by atoms with Crippen LogP contribution in [-0.2, 0) is 4.79 Å². The highest BCUT2D eigenvalue weighted by Crippen LogP contribution is 2.32. The Hall–Kier alpha value is -3.46. The molecular formula is C20H19N3O5S. The first-order chi connectivity index (χ1) is 14.0. The second-order valence-corrected chi connectivity index (χ2v) is 6.86. The van der Waals surface area contributed by atoms with Gasteiger partial charge in [0.25, 0.3) is 11.1 Å². The number of nitrogens with one attached hydrogen (secondary N) is 1. The minimum Gasteiger partial charge on any atom is -0.497 e. The lowest BCUT2D eigenvalue weighted by Gasteiger charge is -2.10. The summed E-state index contributed by atoms with van der Waals surface area (Å²) in [5.41, 5.74) is 6.56. The molecule has 8 nitrogen and oxygen atoms in total. The molecule has 0 atom stereocenters. The van der Waals surface area contributed by atoms with Crippen LogP contribution in [0.2, 0.25) is 0 Å². The molecular weight excluding hydrogens is 394 g/mol. The van der Waals surface area contributed by atoms with E-state index in [1.807, 2.05) is 6.08 Å². The number of amides is 2. The van der Waals surface area contributed by atoms with E-state index in [0.717, 1.165) is 23.1 Å². The maximum atomic E-state index is 11.9. The molecule has 0 radical (unpaired) electrons. The maximum Gasteiger partial charge on any atom is 0.289 e. The van der Waals surface area contributed by atoms with Gasteiger partial charge in [0.05, 0.1) is 24.8 Å². The quantitative estimate of drug-likeness (QED) is 0.721. The molecule has 0 unspecified atom stereocenters. The standard InChI is InChI=1S/C20H19N3O5S/c1-26-14-6-4-13(5-7-14)22-19-17(29-20(25)23-19)10-12-3-8-15(16(9-12)27-2)28-11-18(21)24/h3-10H,11H2,1-2H3,(H2,21,24)(H,22,23,25)/b17-10-. The molecule has 0 aromatic heterocycles. The van der Waals surface area contributed by atoms with E-state index in [4.69, 9.17) is 19.9 Å². The third-order valence-corrected chi connectivity index (χ3v) is 4.64. The Morgan fingerprint density at radius 2 is 1.90 bits per heavy atom. The molecule has 1 aliphatic heterocycles. The molecule has 0 aliphatic carbocycles. The zero-order chi connectivity index (χ0) is 20.8. The number of benzene rings is 2. The molecule has 3 N–H and O–H groups in total. The molecule has 9 heteroatoms. The van der Waals surface area contributed by atoms with Gasteiger partial charge in [0.2, 0.25) is 0 Å². The lowest BCUT2D eigenvalue weighted by atomic mass is 10.2. The summed E-state index contributed by atoms with van der Waals surface area (Å²) in [4.78, 5) is 28.0. The summed E-state index contributed by atoms with van der Waals surface area (Å²) in [5, 5.41) is 2.53. The number of nitrogens with zero attached hydrogens (tertiary/aromatic N) is 1. The second kappa shape index (κ2) is 9.16. The van der Waals surface area contributed by atoms with Crippen LogP contribution in [0.1, 0.15) is 5.56 Å². The number of aliphatic imine (C=N–C) groups is 1. The number of thioether (sulfide) groups is 1. The van der Waals surface area contributed by atoms with Crippen molar-refractivity contribution < 1.29 is 23.8 Å². The summed E-state index contributed by atoms with van der Waals surface area (Å²) in [6, 6.07) is 12.4. The zero-order valence-electron chi connectivity index (χ0n) is 15.8. The van der Waals surface area contributed by atoms with Crippen molar-refractivity contribution >= 4 is 40.5 Å². The first-order valence-electron chi connectivity index (χ1n) is 8.51. The first kappa shape index (κ1) is 20.3. The lowest BCUT2D eigenvalue weighted by Crippen LogP contribution is -2.20. The number of nitrogens with two attached hydrogens (primary N) is 1. The van der Waals surface area contributed by atoms with Gasteiger partial charge in [0, 0.05) is 0 Å². The zero-order valence-corrected chi connectivity index (χ0v) is 16.6. The second-order valence-electron chi connectivity index (χ2n) is 5.85. The smallest absolute Gasteiger partial charge is 0.289 e. The molecule has 29 heavy (non-hydrogen) atoms. The summed E-state index contributed by atoms with van der Waals surface area (Å²) in [6.45, 7) is -0.246. The molecule has 0 saturated carbocycles. The monoisotopic (exact) mass is 413 g/mol.